The Morgan fingerprint density at radius 3 is 2.52 bits per heavy atom. The second-order valence-electron chi connectivity index (χ2n) is 5.13. The Labute approximate surface area is 125 Å². The van der Waals surface area contributed by atoms with Gasteiger partial charge < -0.3 is 10.6 Å². The molecule has 0 aliphatic carbocycles. The lowest BCUT2D eigenvalue weighted by atomic mass is 10.2. The highest BCUT2D eigenvalue weighted by Crippen LogP contribution is 2.12. The van der Waals surface area contributed by atoms with E-state index in [2.05, 4.69) is 11.9 Å². The number of nitrogens with zero attached hydrogens (tertiary/aromatic N) is 2. The van der Waals surface area contributed by atoms with Crippen molar-refractivity contribution in [1.82, 2.24) is 9.88 Å². The lowest BCUT2D eigenvalue weighted by Gasteiger charge is -2.22. The minimum Gasteiger partial charge on any atom is -0.399 e. The molecular formula is C17H21N3O. The molecule has 2 N–H and O–H groups in total. The smallest absolute Gasteiger partial charge is 0.272 e. The van der Waals surface area contributed by atoms with E-state index in [1.54, 1.807) is 6.07 Å². The molecule has 0 fully saturated rings. The summed E-state index contributed by atoms with van der Waals surface area (Å²) in [5.74, 6) is -0.0302. The number of carbonyl (C=O) groups excluding carboxylic acids is 1. The number of hydrogen-bond acceptors (Lipinski definition) is 3. The zero-order chi connectivity index (χ0) is 15.2. The monoisotopic (exact) mass is 283 g/mol. The normalized spacial score (nSPS) is 10.4. The van der Waals surface area contributed by atoms with Gasteiger partial charge in [-0.2, -0.15) is 0 Å². The molecule has 110 valence electrons. The molecule has 0 atom stereocenters. The number of pyridine rings is 1. The number of carbonyl (C=O) groups is 1. The van der Waals surface area contributed by atoms with Crippen LogP contribution in [0.3, 0.4) is 0 Å². The topological polar surface area (TPSA) is 59.2 Å². The Balaban J connectivity index is 2.18. The lowest BCUT2D eigenvalue weighted by Crippen LogP contribution is -2.32. The molecule has 4 heteroatoms. The Morgan fingerprint density at radius 1 is 1.19 bits per heavy atom. The standard InChI is InChI=1S/C17H21N3O/c1-3-11-20(12-14-7-9-15(18)10-8-14)17(21)16-6-4-5-13(2)19-16/h4-10H,3,11-12,18H2,1-2H3. The Morgan fingerprint density at radius 2 is 1.90 bits per heavy atom. The molecule has 0 spiro atoms. The Hall–Kier alpha value is -2.36. The largest absolute Gasteiger partial charge is 0.399 e. The first-order chi connectivity index (χ1) is 10.1. The predicted octanol–water partition coefficient (Wildman–Crippen LogP) is 3.02. The number of amides is 1. The molecule has 0 saturated carbocycles. The summed E-state index contributed by atoms with van der Waals surface area (Å²) in [6.45, 7) is 5.23. The average molecular weight is 283 g/mol. The van der Waals surface area contributed by atoms with Crippen LogP contribution in [0.25, 0.3) is 0 Å². The van der Waals surface area contributed by atoms with Crippen LogP contribution in [0.4, 0.5) is 5.69 Å². The highest BCUT2D eigenvalue weighted by atomic mass is 16.2. The Kier molecular flexibility index (Phi) is 4.93. The maximum Gasteiger partial charge on any atom is 0.272 e. The first kappa shape index (κ1) is 15.0. The van der Waals surface area contributed by atoms with E-state index in [0.29, 0.717) is 18.8 Å². The summed E-state index contributed by atoms with van der Waals surface area (Å²) >= 11 is 0. The van der Waals surface area contributed by atoms with Crippen LogP contribution in [0.2, 0.25) is 0 Å². The van der Waals surface area contributed by atoms with Gasteiger partial charge in [-0.05, 0) is 43.2 Å². The van der Waals surface area contributed by atoms with Gasteiger partial charge in [0.1, 0.15) is 5.69 Å². The second kappa shape index (κ2) is 6.88. The van der Waals surface area contributed by atoms with Crippen molar-refractivity contribution in [2.75, 3.05) is 12.3 Å². The number of aryl methyl sites for hydroxylation is 1. The maximum absolute atomic E-state index is 12.6. The molecule has 1 amide bonds. The van der Waals surface area contributed by atoms with Crippen molar-refractivity contribution in [3.63, 3.8) is 0 Å². The molecule has 0 aliphatic heterocycles. The molecule has 2 rings (SSSR count). The van der Waals surface area contributed by atoms with Gasteiger partial charge in [0, 0.05) is 24.5 Å². The number of benzene rings is 1. The molecule has 0 saturated heterocycles. The van der Waals surface area contributed by atoms with E-state index in [-0.39, 0.29) is 5.91 Å². The number of anilines is 1. The maximum atomic E-state index is 12.6. The highest BCUT2D eigenvalue weighted by molar-refractivity contribution is 5.92. The van der Waals surface area contributed by atoms with Gasteiger partial charge in [-0.15, -0.1) is 0 Å². The number of nitrogens with two attached hydrogens (primary N) is 1. The van der Waals surface area contributed by atoms with Crippen LogP contribution in [0.1, 0.15) is 35.1 Å². The fourth-order valence-corrected chi connectivity index (χ4v) is 2.19. The van der Waals surface area contributed by atoms with Gasteiger partial charge in [0.15, 0.2) is 0 Å². The summed E-state index contributed by atoms with van der Waals surface area (Å²) < 4.78 is 0. The van der Waals surface area contributed by atoms with Crippen LogP contribution in [-0.4, -0.2) is 22.3 Å². The van der Waals surface area contributed by atoms with Gasteiger partial charge in [-0.25, -0.2) is 4.98 Å². The van der Waals surface area contributed by atoms with Crippen molar-refractivity contribution in [3.8, 4) is 0 Å². The van der Waals surface area contributed by atoms with Gasteiger partial charge in [0.2, 0.25) is 0 Å². The van der Waals surface area contributed by atoms with Crippen molar-refractivity contribution >= 4 is 11.6 Å². The number of rotatable bonds is 5. The first-order valence-corrected chi connectivity index (χ1v) is 7.17. The predicted molar refractivity (Wildman–Crippen MR) is 84.9 cm³/mol. The molecular weight excluding hydrogens is 262 g/mol. The number of aromatic nitrogens is 1. The van der Waals surface area contributed by atoms with Crippen LogP contribution in [0, 0.1) is 6.92 Å². The highest BCUT2D eigenvalue weighted by Gasteiger charge is 2.16. The van der Waals surface area contributed by atoms with Gasteiger partial charge in [-0.3, -0.25) is 4.79 Å². The summed E-state index contributed by atoms with van der Waals surface area (Å²) in [5, 5.41) is 0. The minimum atomic E-state index is -0.0302. The van der Waals surface area contributed by atoms with E-state index in [1.165, 1.54) is 0 Å². The van der Waals surface area contributed by atoms with Crippen LogP contribution >= 0.6 is 0 Å². The SMILES string of the molecule is CCCN(Cc1ccc(N)cc1)C(=O)c1cccc(C)n1. The third kappa shape index (κ3) is 4.05. The summed E-state index contributed by atoms with van der Waals surface area (Å²) in [6, 6.07) is 13.1. The third-order valence-corrected chi connectivity index (χ3v) is 3.24. The molecule has 0 aliphatic rings. The molecule has 1 heterocycles. The van der Waals surface area contributed by atoms with Gasteiger partial charge >= 0.3 is 0 Å². The molecule has 2 aromatic rings. The van der Waals surface area contributed by atoms with E-state index in [9.17, 15) is 4.79 Å². The van der Waals surface area contributed by atoms with Crippen molar-refractivity contribution in [2.24, 2.45) is 0 Å². The molecule has 1 aromatic carbocycles. The summed E-state index contributed by atoms with van der Waals surface area (Å²) in [4.78, 5) is 18.7. The fraction of sp³-hybridized carbons (Fsp3) is 0.294. The fourth-order valence-electron chi connectivity index (χ4n) is 2.19. The van der Waals surface area contributed by atoms with Crippen molar-refractivity contribution < 1.29 is 4.79 Å². The van der Waals surface area contributed by atoms with Crippen LogP contribution in [0.15, 0.2) is 42.5 Å². The van der Waals surface area contributed by atoms with E-state index in [4.69, 9.17) is 5.73 Å². The lowest BCUT2D eigenvalue weighted by molar-refractivity contribution is 0.0737. The molecule has 0 bridgehead atoms. The molecule has 4 nitrogen and oxygen atoms in total. The van der Waals surface area contributed by atoms with Crippen LogP contribution in [-0.2, 0) is 6.54 Å². The van der Waals surface area contributed by atoms with Gasteiger partial charge in [0.05, 0.1) is 0 Å². The number of hydrogen-bond donors (Lipinski definition) is 1. The summed E-state index contributed by atoms with van der Waals surface area (Å²) in [5.41, 5.74) is 8.84. The van der Waals surface area contributed by atoms with Crippen molar-refractivity contribution in [2.45, 2.75) is 26.8 Å². The Bertz CT molecular complexity index is 608. The van der Waals surface area contributed by atoms with Crippen molar-refractivity contribution in [1.29, 1.82) is 0 Å². The second-order valence-corrected chi connectivity index (χ2v) is 5.13. The third-order valence-electron chi connectivity index (χ3n) is 3.24. The molecule has 21 heavy (non-hydrogen) atoms. The van der Waals surface area contributed by atoms with E-state index < -0.39 is 0 Å². The van der Waals surface area contributed by atoms with E-state index in [1.807, 2.05) is 48.2 Å². The van der Waals surface area contributed by atoms with E-state index in [0.717, 1.165) is 23.4 Å². The molecule has 0 unspecified atom stereocenters. The van der Waals surface area contributed by atoms with Gasteiger partial charge in [-0.1, -0.05) is 25.1 Å². The average Bonchev–Trinajstić information content (AvgIpc) is 2.48. The summed E-state index contributed by atoms with van der Waals surface area (Å²) in [6.07, 6.45) is 0.909. The zero-order valence-corrected chi connectivity index (χ0v) is 12.5. The van der Waals surface area contributed by atoms with Crippen LogP contribution in [0.5, 0.6) is 0 Å². The van der Waals surface area contributed by atoms with E-state index >= 15 is 0 Å². The molecule has 0 radical (unpaired) electrons. The minimum absolute atomic E-state index is 0.0302. The number of nitrogen functional groups attached to an aromatic ring is 1. The zero-order valence-electron chi connectivity index (χ0n) is 12.5. The molecule has 1 aromatic heterocycles. The van der Waals surface area contributed by atoms with Crippen LogP contribution < -0.4 is 5.73 Å². The quantitative estimate of drug-likeness (QED) is 0.858. The van der Waals surface area contributed by atoms with Gasteiger partial charge in [0.25, 0.3) is 5.91 Å². The van der Waals surface area contributed by atoms with Crippen molar-refractivity contribution in [3.05, 3.63) is 59.4 Å². The first-order valence-electron chi connectivity index (χ1n) is 7.17. The summed E-state index contributed by atoms with van der Waals surface area (Å²) in [7, 11) is 0.